The fourth-order valence-corrected chi connectivity index (χ4v) is 1.74. The Labute approximate surface area is 118 Å². The molecule has 1 amide bonds. The third-order valence-corrected chi connectivity index (χ3v) is 3.77. The highest BCUT2D eigenvalue weighted by molar-refractivity contribution is 9.10. The molecule has 0 aliphatic heterocycles. The van der Waals surface area contributed by atoms with Crippen LogP contribution in [0.3, 0.4) is 0 Å². The first-order valence-electron chi connectivity index (χ1n) is 5.93. The summed E-state index contributed by atoms with van der Waals surface area (Å²) in [6, 6.07) is 8.76. The molecule has 2 rings (SSSR count). The maximum absolute atomic E-state index is 11.7. The predicted molar refractivity (Wildman–Crippen MR) is 78.5 cm³/mol. The number of hydrogen-bond acceptors (Lipinski definition) is 2. The van der Waals surface area contributed by atoms with Crippen LogP contribution in [0.5, 0.6) is 0 Å². The van der Waals surface area contributed by atoms with Gasteiger partial charge in [-0.05, 0) is 24.1 Å². The van der Waals surface area contributed by atoms with Gasteiger partial charge in [0.25, 0.3) is 5.56 Å². The number of aromatic nitrogens is 2. The van der Waals surface area contributed by atoms with E-state index in [2.05, 4.69) is 31.4 Å². The molecule has 0 fully saturated rings. The van der Waals surface area contributed by atoms with Gasteiger partial charge < -0.3 is 5.32 Å². The maximum Gasteiger partial charge on any atom is 0.264 e. The van der Waals surface area contributed by atoms with Crippen molar-refractivity contribution >= 4 is 27.5 Å². The van der Waals surface area contributed by atoms with E-state index < -0.39 is 0 Å². The summed E-state index contributed by atoms with van der Waals surface area (Å²) >= 11 is 3.30. The standard InChI is InChI=1S/C13H14BrN3O2/c1-2-10(14)13(19)15-9-5-3-8(4-6-9)11-7-12(18)17-16-11/h3-7,10H,2H2,1H3,(H,15,19)(H2,16,17,18). The van der Waals surface area contributed by atoms with Crippen molar-refractivity contribution in [3.8, 4) is 11.3 Å². The molecule has 100 valence electrons. The van der Waals surface area contributed by atoms with E-state index in [1.165, 1.54) is 6.07 Å². The molecule has 1 atom stereocenters. The van der Waals surface area contributed by atoms with Crippen LogP contribution in [0, 0.1) is 0 Å². The van der Waals surface area contributed by atoms with Crippen molar-refractivity contribution in [1.82, 2.24) is 10.2 Å². The Morgan fingerprint density at radius 1 is 1.32 bits per heavy atom. The quantitative estimate of drug-likeness (QED) is 0.756. The number of anilines is 1. The highest BCUT2D eigenvalue weighted by atomic mass is 79.9. The van der Waals surface area contributed by atoms with Crippen LogP contribution in [0.4, 0.5) is 5.69 Å². The van der Waals surface area contributed by atoms with Crippen molar-refractivity contribution in [1.29, 1.82) is 0 Å². The highest BCUT2D eigenvalue weighted by Crippen LogP contribution is 2.18. The predicted octanol–water partition coefficient (Wildman–Crippen LogP) is 2.48. The lowest BCUT2D eigenvalue weighted by Gasteiger charge is -2.09. The van der Waals surface area contributed by atoms with Crippen molar-refractivity contribution in [3.05, 3.63) is 40.7 Å². The molecule has 0 bridgehead atoms. The number of aromatic amines is 2. The molecular formula is C13H14BrN3O2. The number of rotatable bonds is 4. The monoisotopic (exact) mass is 323 g/mol. The summed E-state index contributed by atoms with van der Waals surface area (Å²) in [4.78, 5) is 22.5. The summed E-state index contributed by atoms with van der Waals surface area (Å²) in [6.07, 6.45) is 0.731. The molecule has 0 spiro atoms. The minimum atomic E-state index is -0.187. The van der Waals surface area contributed by atoms with E-state index in [0.717, 1.165) is 23.4 Å². The lowest BCUT2D eigenvalue weighted by molar-refractivity contribution is -0.115. The smallest absolute Gasteiger partial charge is 0.264 e. The van der Waals surface area contributed by atoms with Crippen molar-refractivity contribution in [3.63, 3.8) is 0 Å². The molecule has 0 aliphatic carbocycles. The molecule has 6 heteroatoms. The first-order chi connectivity index (χ1) is 9.10. The molecule has 0 saturated carbocycles. The second-order valence-electron chi connectivity index (χ2n) is 4.11. The van der Waals surface area contributed by atoms with Crippen molar-refractivity contribution in [2.45, 2.75) is 18.2 Å². The molecule has 1 unspecified atom stereocenters. The SMILES string of the molecule is CCC(Br)C(=O)Nc1ccc(-c2cc(=O)[nH][nH]2)cc1. The summed E-state index contributed by atoms with van der Waals surface area (Å²) in [5, 5.41) is 8.07. The van der Waals surface area contributed by atoms with Crippen LogP contribution in [-0.2, 0) is 4.79 Å². The number of halogens is 1. The summed E-state index contributed by atoms with van der Waals surface area (Å²) < 4.78 is 0. The molecule has 1 aromatic heterocycles. The molecule has 0 aliphatic rings. The minimum Gasteiger partial charge on any atom is -0.325 e. The van der Waals surface area contributed by atoms with Crippen molar-refractivity contribution in [2.24, 2.45) is 0 Å². The number of amides is 1. The summed E-state index contributed by atoms with van der Waals surface area (Å²) in [5.41, 5.74) is 2.15. The van der Waals surface area contributed by atoms with Crippen LogP contribution in [-0.4, -0.2) is 20.9 Å². The number of nitrogens with one attached hydrogen (secondary N) is 3. The van der Waals surface area contributed by atoms with Crippen LogP contribution in [0.15, 0.2) is 35.1 Å². The topological polar surface area (TPSA) is 77.8 Å². The summed E-state index contributed by atoms with van der Waals surface area (Å²) in [6.45, 7) is 1.93. The van der Waals surface area contributed by atoms with Gasteiger partial charge in [0.1, 0.15) is 0 Å². The minimum absolute atomic E-state index is 0.0645. The largest absolute Gasteiger partial charge is 0.325 e. The summed E-state index contributed by atoms with van der Waals surface area (Å²) in [5.74, 6) is -0.0645. The van der Waals surface area contributed by atoms with Crippen LogP contribution in [0.1, 0.15) is 13.3 Å². The lowest BCUT2D eigenvalue weighted by atomic mass is 10.1. The number of carbonyl (C=O) groups excluding carboxylic acids is 1. The molecule has 3 N–H and O–H groups in total. The maximum atomic E-state index is 11.7. The van der Waals surface area contributed by atoms with Crippen LogP contribution >= 0.6 is 15.9 Å². The Bertz CT molecular complexity index is 615. The van der Waals surface area contributed by atoms with Crippen molar-refractivity contribution in [2.75, 3.05) is 5.32 Å². The van der Waals surface area contributed by atoms with Crippen LogP contribution < -0.4 is 10.9 Å². The van der Waals surface area contributed by atoms with Crippen molar-refractivity contribution < 1.29 is 4.79 Å². The van der Waals surface area contributed by atoms with Gasteiger partial charge in [-0.25, -0.2) is 0 Å². The van der Waals surface area contributed by atoms with Gasteiger partial charge in [-0.2, -0.15) is 0 Å². The van der Waals surface area contributed by atoms with Gasteiger partial charge in [-0.3, -0.25) is 19.8 Å². The van der Waals surface area contributed by atoms with Crippen LogP contribution in [0.2, 0.25) is 0 Å². The average Bonchev–Trinajstić information content (AvgIpc) is 2.85. The Kier molecular flexibility index (Phi) is 4.21. The molecule has 1 heterocycles. The zero-order valence-corrected chi connectivity index (χ0v) is 12.0. The molecule has 0 saturated heterocycles. The number of benzene rings is 1. The Morgan fingerprint density at radius 3 is 2.53 bits per heavy atom. The fraction of sp³-hybridized carbons (Fsp3) is 0.231. The average molecular weight is 324 g/mol. The van der Waals surface area contributed by atoms with Gasteiger partial charge in [0.2, 0.25) is 5.91 Å². The number of alkyl halides is 1. The Hall–Kier alpha value is -1.82. The first-order valence-corrected chi connectivity index (χ1v) is 6.84. The number of carbonyl (C=O) groups is 1. The van der Waals surface area contributed by atoms with E-state index in [-0.39, 0.29) is 16.3 Å². The van der Waals surface area contributed by atoms with E-state index in [9.17, 15) is 9.59 Å². The lowest BCUT2D eigenvalue weighted by Crippen LogP contribution is -2.21. The summed E-state index contributed by atoms with van der Waals surface area (Å²) in [7, 11) is 0. The fourth-order valence-electron chi connectivity index (χ4n) is 1.63. The molecule has 2 aromatic rings. The second kappa shape index (κ2) is 5.88. The molecular weight excluding hydrogens is 310 g/mol. The van der Waals surface area contributed by atoms with Gasteiger partial charge in [0.15, 0.2) is 0 Å². The van der Waals surface area contributed by atoms with Gasteiger partial charge in [-0.1, -0.05) is 35.0 Å². The third-order valence-electron chi connectivity index (χ3n) is 2.70. The van der Waals surface area contributed by atoms with Gasteiger partial charge >= 0.3 is 0 Å². The van der Waals surface area contributed by atoms with Gasteiger partial charge in [-0.15, -0.1) is 0 Å². The van der Waals surface area contributed by atoms with E-state index in [4.69, 9.17) is 0 Å². The zero-order chi connectivity index (χ0) is 13.8. The van der Waals surface area contributed by atoms with Crippen LogP contribution in [0.25, 0.3) is 11.3 Å². The molecule has 5 nitrogen and oxygen atoms in total. The van der Waals surface area contributed by atoms with E-state index in [1.54, 1.807) is 12.1 Å². The third kappa shape index (κ3) is 3.35. The highest BCUT2D eigenvalue weighted by Gasteiger charge is 2.12. The zero-order valence-electron chi connectivity index (χ0n) is 10.4. The number of hydrogen-bond donors (Lipinski definition) is 3. The Balaban J connectivity index is 2.11. The van der Waals surface area contributed by atoms with E-state index in [1.807, 2.05) is 19.1 Å². The first kappa shape index (κ1) is 13.6. The normalized spacial score (nSPS) is 12.1. The van der Waals surface area contributed by atoms with Gasteiger partial charge in [0.05, 0.1) is 10.5 Å². The second-order valence-corrected chi connectivity index (χ2v) is 5.22. The molecule has 0 radical (unpaired) electrons. The molecule has 19 heavy (non-hydrogen) atoms. The van der Waals surface area contributed by atoms with Gasteiger partial charge in [0, 0.05) is 11.8 Å². The number of H-pyrrole nitrogens is 2. The Morgan fingerprint density at radius 2 is 2.00 bits per heavy atom. The van der Waals surface area contributed by atoms with E-state index >= 15 is 0 Å². The molecule has 1 aromatic carbocycles. The van der Waals surface area contributed by atoms with E-state index in [0.29, 0.717) is 0 Å².